The van der Waals surface area contributed by atoms with Crippen LogP contribution in [0.1, 0.15) is 37.2 Å². The molecule has 0 aromatic heterocycles. The van der Waals surface area contributed by atoms with Crippen LogP contribution in [0.5, 0.6) is 23.0 Å². The summed E-state index contributed by atoms with van der Waals surface area (Å²) in [6.45, 7) is 3.79. The Morgan fingerprint density at radius 3 is 1.77 bits per heavy atom. The number of aromatic hydroxyl groups is 2. The van der Waals surface area contributed by atoms with E-state index in [-0.39, 0.29) is 23.3 Å². The molecule has 0 fully saturated rings. The maximum atomic E-state index is 10.7. The molecule has 6 nitrogen and oxygen atoms in total. The molecule has 26 heavy (non-hydrogen) atoms. The van der Waals surface area contributed by atoms with Crippen molar-refractivity contribution in [1.82, 2.24) is 0 Å². The molecule has 0 aliphatic rings. The third-order valence-electron chi connectivity index (χ3n) is 4.96. The number of aliphatic hydroxyl groups excluding tert-OH is 1. The number of ether oxygens (including phenoxy) is 2. The number of phenolic OH excluding ortho intramolecular Hbond substituents is 2. The number of methoxy groups -OCH3 is 2. The smallest absolute Gasteiger partial charge is 0.182 e. The average Bonchev–Trinajstić information content (AvgIpc) is 2.66. The van der Waals surface area contributed by atoms with E-state index in [1.54, 1.807) is 24.3 Å². The van der Waals surface area contributed by atoms with Gasteiger partial charge in [-0.1, -0.05) is 19.9 Å². The van der Waals surface area contributed by atoms with Crippen LogP contribution in [0.4, 0.5) is 0 Å². The fourth-order valence-corrected chi connectivity index (χ4v) is 2.96. The van der Waals surface area contributed by atoms with Crippen LogP contribution >= 0.6 is 0 Å². The van der Waals surface area contributed by atoms with Crippen LogP contribution in [0.2, 0.25) is 0 Å². The predicted molar refractivity (Wildman–Crippen MR) is 99.0 cm³/mol. The molecule has 4 atom stereocenters. The van der Waals surface area contributed by atoms with Crippen molar-refractivity contribution in [2.24, 2.45) is 11.8 Å². The first-order valence-electron chi connectivity index (χ1n) is 8.43. The maximum absolute atomic E-state index is 10.7. The summed E-state index contributed by atoms with van der Waals surface area (Å²) in [5.74, 6) is 0.250. The first-order chi connectivity index (χ1) is 12.3. The SMILES string of the molecule is COc1cc(C(O)[C@H](C)[C@H](C)[C@@H]([OH2+])c2ccc(O)c(OC)c2)ccc1O. The molecule has 1 unspecified atom stereocenters. The van der Waals surface area contributed by atoms with Crippen molar-refractivity contribution >= 4 is 0 Å². The second kappa shape index (κ2) is 8.29. The molecule has 0 aliphatic carbocycles. The van der Waals surface area contributed by atoms with Crippen LogP contribution in [0, 0.1) is 11.8 Å². The highest BCUT2D eigenvalue weighted by Crippen LogP contribution is 2.39. The topological polar surface area (TPSA) is 102 Å². The van der Waals surface area contributed by atoms with Crippen LogP contribution in [0.3, 0.4) is 0 Å². The van der Waals surface area contributed by atoms with Crippen molar-refractivity contribution < 1.29 is 29.9 Å². The van der Waals surface area contributed by atoms with Crippen molar-refractivity contribution in [3.63, 3.8) is 0 Å². The zero-order chi connectivity index (χ0) is 19.4. The normalized spacial score (nSPS) is 15.8. The van der Waals surface area contributed by atoms with E-state index in [0.29, 0.717) is 22.6 Å². The first kappa shape index (κ1) is 19.9. The number of hydrogen-bond donors (Lipinski definition) is 3. The molecule has 0 saturated carbocycles. The van der Waals surface area contributed by atoms with Gasteiger partial charge < -0.3 is 29.9 Å². The Bertz CT molecular complexity index is 682. The number of phenols is 2. The number of benzene rings is 2. The molecule has 5 N–H and O–H groups in total. The highest BCUT2D eigenvalue weighted by molar-refractivity contribution is 5.43. The Morgan fingerprint density at radius 2 is 1.27 bits per heavy atom. The molecule has 2 aromatic rings. The van der Waals surface area contributed by atoms with E-state index in [9.17, 15) is 15.3 Å². The van der Waals surface area contributed by atoms with E-state index in [0.717, 1.165) is 0 Å². The van der Waals surface area contributed by atoms with Gasteiger partial charge in [0.15, 0.2) is 29.1 Å². The van der Waals surface area contributed by atoms with E-state index in [4.69, 9.17) is 14.6 Å². The predicted octanol–water partition coefficient (Wildman–Crippen LogP) is 2.89. The maximum Gasteiger partial charge on any atom is 0.182 e. The average molecular weight is 363 g/mol. The molecule has 0 amide bonds. The molecule has 6 heteroatoms. The van der Waals surface area contributed by atoms with Crippen LogP contribution in [0.25, 0.3) is 0 Å². The summed E-state index contributed by atoms with van der Waals surface area (Å²) in [4.78, 5) is 0. The molecule has 0 bridgehead atoms. The van der Waals surface area contributed by atoms with E-state index >= 15 is 0 Å². The van der Waals surface area contributed by atoms with Gasteiger partial charge in [0.05, 0.1) is 20.3 Å². The lowest BCUT2D eigenvalue weighted by molar-refractivity contribution is 0.0209. The van der Waals surface area contributed by atoms with Crippen molar-refractivity contribution in [1.29, 1.82) is 0 Å². The molecule has 142 valence electrons. The summed E-state index contributed by atoms with van der Waals surface area (Å²) in [5, 5.41) is 38.7. The molecule has 0 heterocycles. The lowest BCUT2D eigenvalue weighted by Gasteiger charge is -2.27. The van der Waals surface area contributed by atoms with E-state index < -0.39 is 12.2 Å². The van der Waals surface area contributed by atoms with Gasteiger partial charge >= 0.3 is 0 Å². The van der Waals surface area contributed by atoms with Gasteiger partial charge in [-0.3, -0.25) is 0 Å². The van der Waals surface area contributed by atoms with Gasteiger partial charge in [-0.15, -0.1) is 0 Å². The fourth-order valence-electron chi connectivity index (χ4n) is 2.96. The summed E-state index contributed by atoms with van der Waals surface area (Å²) in [7, 11) is 2.92. The van der Waals surface area contributed by atoms with E-state index in [2.05, 4.69) is 0 Å². The Hall–Kier alpha value is -2.44. The highest BCUT2D eigenvalue weighted by Gasteiger charge is 2.32. The number of rotatable bonds is 7. The first-order valence-corrected chi connectivity index (χ1v) is 8.43. The van der Waals surface area contributed by atoms with Gasteiger partial charge in [-0.2, -0.15) is 0 Å². The largest absolute Gasteiger partial charge is 0.504 e. The fraction of sp³-hybridized carbons (Fsp3) is 0.400. The molecule has 2 rings (SSSR count). The molecular formula is C20H27O6+. The minimum atomic E-state index is -0.814. The lowest BCUT2D eigenvalue weighted by atomic mass is 9.81. The van der Waals surface area contributed by atoms with Crippen molar-refractivity contribution in [2.45, 2.75) is 26.1 Å². The molecule has 0 radical (unpaired) electrons. The Morgan fingerprint density at radius 1 is 0.808 bits per heavy atom. The highest BCUT2D eigenvalue weighted by atomic mass is 16.5. The number of hydrogen-bond acceptors (Lipinski definition) is 5. The zero-order valence-corrected chi connectivity index (χ0v) is 15.4. The molecular weight excluding hydrogens is 336 g/mol. The van der Waals surface area contributed by atoms with E-state index in [1.165, 1.54) is 26.4 Å². The summed E-state index contributed by atoms with van der Waals surface area (Å²) in [6, 6.07) is 9.58. The third kappa shape index (κ3) is 4.03. The lowest BCUT2D eigenvalue weighted by Crippen LogP contribution is -2.23. The van der Waals surface area contributed by atoms with Crippen LogP contribution in [0.15, 0.2) is 36.4 Å². The Kier molecular flexibility index (Phi) is 6.34. The minimum Gasteiger partial charge on any atom is -0.504 e. The second-order valence-electron chi connectivity index (χ2n) is 6.50. The van der Waals surface area contributed by atoms with Crippen LogP contribution in [-0.2, 0) is 0 Å². The quantitative estimate of drug-likeness (QED) is 0.657. The van der Waals surface area contributed by atoms with Gasteiger partial charge in [-0.05, 0) is 41.8 Å². The second-order valence-corrected chi connectivity index (χ2v) is 6.50. The van der Waals surface area contributed by atoms with Gasteiger partial charge in [0.2, 0.25) is 0 Å². The van der Waals surface area contributed by atoms with Gasteiger partial charge in [0.1, 0.15) is 0 Å². The molecule has 0 saturated heterocycles. The van der Waals surface area contributed by atoms with Crippen molar-refractivity contribution in [3.8, 4) is 23.0 Å². The zero-order valence-electron chi connectivity index (χ0n) is 15.4. The summed E-state index contributed by atoms with van der Waals surface area (Å²) >= 11 is 0. The van der Waals surface area contributed by atoms with Gasteiger partial charge in [0.25, 0.3) is 0 Å². The Balaban J connectivity index is 2.21. The Labute approximate surface area is 153 Å². The molecule has 0 aliphatic heterocycles. The van der Waals surface area contributed by atoms with Gasteiger partial charge in [0, 0.05) is 11.5 Å². The third-order valence-corrected chi connectivity index (χ3v) is 4.96. The molecule has 0 spiro atoms. The standard InChI is InChI=1S/C20H26O6/c1-11(19(23)13-5-7-15(21)17(9-13)25-3)12(2)20(24)14-6-8-16(22)18(10-14)26-4/h5-12,19-24H,1-4H3/p+1/t11-,12+,19+,20?/m0/s1. The van der Waals surface area contributed by atoms with Crippen molar-refractivity contribution in [3.05, 3.63) is 47.5 Å². The van der Waals surface area contributed by atoms with Crippen LogP contribution < -0.4 is 9.47 Å². The van der Waals surface area contributed by atoms with Crippen LogP contribution in [-0.4, -0.2) is 34.6 Å². The summed E-state index contributed by atoms with van der Waals surface area (Å²) in [6.07, 6.45) is -1.42. The van der Waals surface area contributed by atoms with Crippen molar-refractivity contribution in [2.75, 3.05) is 14.2 Å². The summed E-state index contributed by atoms with van der Waals surface area (Å²) in [5.41, 5.74) is 1.32. The van der Waals surface area contributed by atoms with Gasteiger partial charge in [-0.25, -0.2) is 0 Å². The van der Waals surface area contributed by atoms with E-state index in [1.807, 2.05) is 13.8 Å². The number of aliphatic hydroxyl groups is 1. The minimum absolute atomic E-state index is 0.0127. The monoisotopic (exact) mass is 363 g/mol. The summed E-state index contributed by atoms with van der Waals surface area (Å²) < 4.78 is 10.2. The molecule has 2 aromatic carbocycles.